The molecule has 1 amide bonds. The Morgan fingerprint density at radius 3 is 2.37 bits per heavy atom. The van der Waals surface area contributed by atoms with Crippen molar-refractivity contribution in [1.29, 1.82) is 0 Å². The highest BCUT2D eigenvalue weighted by atomic mass is 16.5. The first-order chi connectivity index (χ1) is 18.4. The molecule has 2 aromatic carbocycles. The summed E-state index contributed by atoms with van der Waals surface area (Å²) in [5, 5.41) is 6.37. The number of amides is 1. The maximum absolute atomic E-state index is 13.8. The Labute approximate surface area is 222 Å². The predicted octanol–water partition coefficient (Wildman–Crippen LogP) is 5.41. The highest BCUT2D eigenvalue weighted by Crippen LogP contribution is 2.46. The lowest BCUT2D eigenvalue weighted by Gasteiger charge is -2.37. The van der Waals surface area contributed by atoms with E-state index in [0.717, 1.165) is 28.3 Å². The van der Waals surface area contributed by atoms with E-state index >= 15 is 0 Å². The molecular weight excluding hydrogens is 478 g/mol. The number of dihydropyridines is 1. The molecule has 3 aromatic rings. The van der Waals surface area contributed by atoms with E-state index in [9.17, 15) is 9.59 Å². The smallest absolute Gasteiger partial charge is 0.255 e. The van der Waals surface area contributed by atoms with Crippen LogP contribution in [-0.4, -0.2) is 30.9 Å². The summed E-state index contributed by atoms with van der Waals surface area (Å²) in [6, 6.07) is 20.9. The summed E-state index contributed by atoms with van der Waals surface area (Å²) in [7, 11) is 3.24. The second-order valence-corrected chi connectivity index (χ2v) is 9.69. The fourth-order valence-corrected chi connectivity index (χ4v) is 5.40. The third-order valence-electron chi connectivity index (χ3n) is 7.22. The minimum absolute atomic E-state index is 0.0267. The number of anilines is 1. The van der Waals surface area contributed by atoms with Crippen LogP contribution in [0, 0.1) is 6.92 Å². The highest BCUT2D eigenvalue weighted by molar-refractivity contribution is 6.09. The van der Waals surface area contributed by atoms with E-state index in [2.05, 4.69) is 15.6 Å². The molecule has 2 atom stereocenters. The Morgan fingerprint density at radius 1 is 0.921 bits per heavy atom. The Bertz CT molecular complexity index is 1460. The van der Waals surface area contributed by atoms with Crippen molar-refractivity contribution in [3.63, 3.8) is 0 Å². The maximum atomic E-state index is 13.8. The summed E-state index contributed by atoms with van der Waals surface area (Å²) in [6.45, 7) is 3.76. The zero-order chi connectivity index (χ0) is 26.8. The molecule has 0 bridgehead atoms. The molecule has 0 spiro atoms. The molecule has 1 aromatic heterocycles. The van der Waals surface area contributed by atoms with Crippen molar-refractivity contribution in [2.24, 2.45) is 0 Å². The molecule has 1 aliphatic carbocycles. The first-order valence-corrected chi connectivity index (χ1v) is 12.6. The number of Topliss-reactive ketones (excluding diaryl/α,β-unsaturated/α-hetero) is 1. The molecule has 1 aliphatic heterocycles. The quantitative estimate of drug-likeness (QED) is 0.462. The molecule has 2 heterocycles. The molecular formula is C31H31N3O4. The van der Waals surface area contributed by atoms with E-state index in [4.69, 9.17) is 9.47 Å². The zero-order valence-electron chi connectivity index (χ0n) is 22.0. The SMILES string of the molecule is COc1ccc(C2CC(=O)C3=C(C2)NC(C)=C(C(=O)Nc2cccc(C)n2)C3c2cccc(OC)c2)cc1. The normalized spacial score (nSPS) is 19.0. The number of aryl methyl sites for hydroxylation is 1. The van der Waals surface area contributed by atoms with E-state index in [1.807, 2.05) is 74.5 Å². The number of nitrogens with one attached hydrogen (secondary N) is 2. The third kappa shape index (κ3) is 4.92. The summed E-state index contributed by atoms with van der Waals surface area (Å²) >= 11 is 0. The Morgan fingerprint density at radius 2 is 1.66 bits per heavy atom. The maximum Gasteiger partial charge on any atom is 0.255 e. The van der Waals surface area contributed by atoms with Crippen molar-refractivity contribution >= 4 is 17.5 Å². The van der Waals surface area contributed by atoms with E-state index < -0.39 is 5.92 Å². The Balaban J connectivity index is 1.55. The van der Waals surface area contributed by atoms with Gasteiger partial charge in [0.05, 0.1) is 14.2 Å². The molecule has 0 saturated carbocycles. The first kappa shape index (κ1) is 25.3. The molecule has 194 valence electrons. The van der Waals surface area contributed by atoms with Gasteiger partial charge in [0.2, 0.25) is 0 Å². The number of benzene rings is 2. The van der Waals surface area contributed by atoms with Gasteiger partial charge >= 0.3 is 0 Å². The van der Waals surface area contributed by atoms with Gasteiger partial charge in [0.25, 0.3) is 5.91 Å². The molecule has 5 rings (SSSR count). The number of nitrogens with zero attached hydrogens (tertiary/aromatic N) is 1. The monoisotopic (exact) mass is 509 g/mol. The molecule has 2 aliphatic rings. The summed E-state index contributed by atoms with van der Waals surface area (Å²) in [6.07, 6.45) is 1.03. The van der Waals surface area contributed by atoms with Gasteiger partial charge in [-0.3, -0.25) is 9.59 Å². The molecule has 2 unspecified atom stereocenters. The molecule has 7 nitrogen and oxygen atoms in total. The molecule has 2 N–H and O–H groups in total. The zero-order valence-corrected chi connectivity index (χ0v) is 22.0. The highest BCUT2D eigenvalue weighted by Gasteiger charge is 2.41. The van der Waals surface area contributed by atoms with Crippen LogP contribution in [0.2, 0.25) is 0 Å². The van der Waals surface area contributed by atoms with Gasteiger partial charge < -0.3 is 20.1 Å². The van der Waals surface area contributed by atoms with Crippen molar-refractivity contribution in [3.05, 3.63) is 106 Å². The van der Waals surface area contributed by atoms with Crippen LogP contribution in [0.1, 0.15) is 48.4 Å². The number of rotatable bonds is 6. The Kier molecular flexibility index (Phi) is 7.01. The number of hydrogen-bond donors (Lipinski definition) is 2. The number of methoxy groups -OCH3 is 2. The molecule has 0 saturated heterocycles. The average molecular weight is 510 g/mol. The summed E-state index contributed by atoms with van der Waals surface area (Å²) in [5.74, 6) is 1.15. The fourth-order valence-electron chi connectivity index (χ4n) is 5.40. The van der Waals surface area contributed by atoms with Crippen LogP contribution in [0.25, 0.3) is 0 Å². The van der Waals surface area contributed by atoms with Gasteiger partial charge in [-0.25, -0.2) is 4.98 Å². The van der Waals surface area contributed by atoms with Crippen molar-refractivity contribution in [3.8, 4) is 11.5 Å². The predicted molar refractivity (Wildman–Crippen MR) is 146 cm³/mol. The lowest BCUT2D eigenvalue weighted by molar-refractivity contribution is -0.116. The molecule has 0 fully saturated rings. The van der Waals surface area contributed by atoms with Gasteiger partial charge in [-0.15, -0.1) is 0 Å². The van der Waals surface area contributed by atoms with Crippen molar-refractivity contribution in [2.75, 3.05) is 19.5 Å². The average Bonchev–Trinajstić information content (AvgIpc) is 2.92. The van der Waals surface area contributed by atoms with Gasteiger partial charge in [0, 0.05) is 40.6 Å². The van der Waals surface area contributed by atoms with Crippen LogP contribution >= 0.6 is 0 Å². The van der Waals surface area contributed by atoms with Gasteiger partial charge in [0.1, 0.15) is 17.3 Å². The second kappa shape index (κ2) is 10.5. The van der Waals surface area contributed by atoms with E-state index in [1.54, 1.807) is 20.3 Å². The number of ketones is 1. The van der Waals surface area contributed by atoms with Gasteiger partial charge in [-0.2, -0.15) is 0 Å². The lowest BCUT2D eigenvalue weighted by Crippen LogP contribution is -2.37. The van der Waals surface area contributed by atoms with Gasteiger partial charge in [-0.05, 0) is 73.7 Å². The number of aromatic nitrogens is 1. The molecule has 7 heteroatoms. The van der Waals surface area contributed by atoms with E-state index in [-0.39, 0.29) is 17.6 Å². The van der Waals surface area contributed by atoms with Gasteiger partial charge in [-0.1, -0.05) is 30.3 Å². The topological polar surface area (TPSA) is 89.5 Å². The van der Waals surface area contributed by atoms with Crippen molar-refractivity contribution in [1.82, 2.24) is 10.3 Å². The number of allylic oxidation sites excluding steroid dienone is 3. The minimum atomic E-state index is -0.532. The van der Waals surface area contributed by atoms with Crippen LogP contribution < -0.4 is 20.1 Å². The summed E-state index contributed by atoms with van der Waals surface area (Å²) in [4.78, 5) is 32.0. The van der Waals surface area contributed by atoms with E-state index in [1.165, 1.54) is 0 Å². The van der Waals surface area contributed by atoms with Crippen LogP contribution in [0.4, 0.5) is 5.82 Å². The Hall–Kier alpha value is -4.39. The number of ether oxygens (including phenoxy) is 2. The van der Waals surface area contributed by atoms with E-state index in [0.29, 0.717) is 41.3 Å². The van der Waals surface area contributed by atoms with Crippen LogP contribution in [0.5, 0.6) is 11.5 Å². The standard InChI is InChI=1S/C31H31N3O4/c1-18-7-5-10-27(32-18)34-31(36)28-19(2)33-25-16-22(20-11-13-23(37-3)14-12-20)17-26(35)30(25)29(28)21-8-6-9-24(15-21)38-4/h5-15,22,29,33H,16-17H2,1-4H3,(H,32,34,36). The number of carbonyl (C=O) groups is 2. The third-order valence-corrected chi connectivity index (χ3v) is 7.22. The minimum Gasteiger partial charge on any atom is -0.497 e. The summed E-state index contributed by atoms with van der Waals surface area (Å²) in [5.41, 5.74) is 5.42. The number of hydrogen-bond acceptors (Lipinski definition) is 6. The summed E-state index contributed by atoms with van der Waals surface area (Å²) < 4.78 is 10.8. The fraction of sp³-hybridized carbons (Fsp3) is 0.258. The first-order valence-electron chi connectivity index (χ1n) is 12.6. The lowest BCUT2D eigenvalue weighted by atomic mass is 9.71. The molecule has 38 heavy (non-hydrogen) atoms. The number of pyridine rings is 1. The van der Waals surface area contributed by atoms with Crippen LogP contribution in [0.15, 0.2) is 89.3 Å². The van der Waals surface area contributed by atoms with Gasteiger partial charge in [0.15, 0.2) is 5.78 Å². The van der Waals surface area contributed by atoms with Crippen molar-refractivity contribution < 1.29 is 19.1 Å². The second-order valence-electron chi connectivity index (χ2n) is 9.69. The van der Waals surface area contributed by atoms with Crippen LogP contribution in [-0.2, 0) is 9.59 Å². The van der Waals surface area contributed by atoms with Crippen LogP contribution in [0.3, 0.4) is 0 Å². The number of carbonyl (C=O) groups excluding carboxylic acids is 2. The van der Waals surface area contributed by atoms with Crippen molar-refractivity contribution in [2.45, 2.75) is 38.5 Å². The molecule has 0 radical (unpaired) electrons. The largest absolute Gasteiger partial charge is 0.497 e.